The van der Waals surface area contributed by atoms with Gasteiger partial charge in [-0.15, -0.1) is 23.1 Å². The fourth-order valence-corrected chi connectivity index (χ4v) is 6.38. The summed E-state index contributed by atoms with van der Waals surface area (Å²) in [6.07, 6.45) is 2.17. The van der Waals surface area contributed by atoms with Crippen molar-refractivity contribution in [3.05, 3.63) is 107 Å². The first kappa shape index (κ1) is 22.0. The molecule has 1 amide bonds. The second-order valence-corrected chi connectivity index (χ2v) is 10.3. The molecule has 6 rings (SSSR count). The van der Waals surface area contributed by atoms with Gasteiger partial charge in [0.1, 0.15) is 5.82 Å². The number of hydrogen-bond acceptors (Lipinski definition) is 4. The smallest absolute Gasteiger partial charge is 0.243 e. The van der Waals surface area contributed by atoms with Gasteiger partial charge in [-0.25, -0.2) is 9.37 Å². The van der Waals surface area contributed by atoms with Gasteiger partial charge >= 0.3 is 0 Å². The van der Waals surface area contributed by atoms with Crippen LogP contribution in [0.1, 0.15) is 11.1 Å². The van der Waals surface area contributed by atoms with Gasteiger partial charge in [-0.3, -0.25) is 9.69 Å². The second kappa shape index (κ2) is 9.29. The zero-order valence-electron chi connectivity index (χ0n) is 18.8. The predicted molar refractivity (Wildman–Crippen MR) is 143 cm³/mol. The van der Waals surface area contributed by atoms with E-state index in [0.717, 1.165) is 34.7 Å². The first-order valence-electron chi connectivity index (χ1n) is 11.4. The topological polar surface area (TPSA) is 33.2 Å². The average molecular weight is 497 g/mol. The van der Waals surface area contributed by atoms with E-state index in [1.165, 1.54) is 45.4 Å². The Labute approximate surface area is 211 Å². The first-order chi connectivity index (χ1) is 17.2. The number of para-hydroxylation sites is 1. The zero-order valence-corrected chi connectivity index (χ0v) is 20.4. The minimum Gasteiger partial charge on any atom is -0.273 e. The molecular weight excluding hydrogens is 475 g/mol. The van der Waals surface area contributed by atoms with Crippen LogP contribution >= 0.6 is 23.1 Å². The molecule has 0 radical (unpaired) electrons. The van der Waals surface area contributed by atoms with Gasteiger partial charge in [0.25, 0.3) is 0 Å². The lowest BCUT2D eigenvalue weighted by molar-refractivity contribution is -0.115. The summed E-state index contributed by atoms with van der Waals surface area (Å²) in [5.74, 6) is -0.0335. The molecular formula is C29H21FN2OS2. The van der Waals surface area contributed by atoms with Gasteiger partial charge in [-0.05, 0) is 77.2 Å². The van der Waals surface area contributed by atoms with Crippen LogP contribution in [0, 0.1) is 5.82 Å². The van der Waals surface area contributed by atoms with E-state index in [0.29, 0.717) is 10.9 Å². The van der Waals surface area contributed by atoms with E-state index in [1.54, 1.807) is 28.8 Å². The van der Waals surface area contributed by atoms with E-state index < -0.39 is 0 Å². The van der Waals surface area contributed by atoms with E-state index in [4.69, 9.17) is 4.98 Å². The maximum atomic E-state index is 13.6. The number of hydrogen-bond donors (Lipinski definition) is 0. The lowest BCUT2D eigenvalue weighted by atomic mass is 10.1. The monoisotopic (exact) mass is 496 g/mol. The highest BCUT2D eigenvalue weighted by Gasteiger charge is 2.23. The Morgan fingerprint density at radius 3 is 2.49 bits per heavy atom. The summed E-state index contributed by atoms with van der Waals surface area (Å²) in [6, 6.07) is 26.7. The standard InChI is InChI=1S/C29H21FN2OS2/c30-22-14-11-19(12-15-22)25-17-35-29(31-25)32(23-6-2-1-3-7-23)27(33)18-34-26-16-13-21-10-9-20-5-4-8-24(26)28(20)21/h1-8,11-17H,9-10,18H2. The van der Waals surface area contributed by atoms with Crippen molar-refractivity contribution in [1.82, 2.24) is 4.98 Å². The number of aromatic nitrogens is 1. The van der Waals surface area contributed by atoms with Crippen LogP contribution in [-0.2, 0) is 17.6 Å². The van der Waals surface area contributed by atoms with Gasteiger partial charge in [-0.1, -0.05) is 42.5 Å². The number of halogens is 1. The summed E-state index contributed by atoms with van der Waals surface area (Å²) in [6.45, 7) is 0. The fourth-order valence-electron chi connectivity index (χ4n) is 4.61. The van der Waals surface area contributed by atoms with Crippen LogP contribution < -0.4 is 4.90 Å². The van der Waals surface area contributed by atoms with Gasteiger partial charge in [0, 0.05) is 15.8 Å². The summed E-state index contributed by atoms with van der Waals surface area (Å²) in [4.78, 5) is 21.2. The van der Waals surface area contributed by atoms with Crippen molar-refractivity contribution in [3.8, 4) is 11.3 Å². The Balaban J connectivity index is 1.30. The Bertz CT molecular complexity index is 1520. The molecule has 0 aliphatic heterocycles. The summed E-state index contributed by atoms with van der Waals surface area (Å²) in [5, 5.41) is 5.09. The van der Waals surface area contributed by atoms with Gasteiger partial charge in [0.15, 0.2) is 5.13 Å². The molecule has 0 atom stereocenters. The quantitative estimate of drug-likeness (QED) is 0.226. The number of carbonyl (C=O) groups is 1. The van der Waals surface area contributed by atoms with Crippen molar-refractivity contribution in [2.24, 2.45) is 0 Å². The number of carbonyl (C=O) groups excluding carboxylic acids is 1. The normalized spacial score (nSPS) is 12.3. The average Bonchev–Trinajstić information content (AvgIpc) is 3.54. The van der Waals surface area contributed by atoms with Crippen LogP contribution in [0.4, 0.5) is 15.2 Å². The highest BCUT2D eigenvalue weighted by molar-refractivity contribution is 8.00. The summed E-state index contributed by atoms with van der Waals surface area (Å²) in [7, 11) is 0. The Hall–Kier alpha value is -3.48. The minimum atomic E-state index is -0.287. The molecule has 0 unspecified atom stereocenters. The lowest BCUT2D eigenvalue weighted by Crippen LogP contribution is -2.27. The number of aryl methyl sites for hydroxylation is 2. The number of nitrogens with zero attached hydrogens (tertiary/aromatic N) is 2. The molecule has 1 aromatic heterocycles. The molecule has 0 saturated heterocycles. The van der Waals surface area contributed by atoms with Gasteiger partial charge in [0.05, 0.1) is 17.1 Å². The highest BCUT2D eigenvalue weighted by Crippen LogP contribution is 2.38. The van der Waals surface area contributed by atoms with Crippen molar-refractivity contribution in [3.63, 3.8) is 0 Å². The van der Waals surface area contributed by atoms with Gasteiger partial charge in [0.2, 0.25) is 5.91 Å². The Morgan fingerprint density at radius 2 is 1.69 bits per heavy atom. The van der Waals surface area contributed by atoms with Crippen LogP contribution in [-0.4, -0.2) is 16.6 Å². The second-order valence-electron chi connectivity index (χ2n) is 8.44. The lowest BCUT2D eigenvalue weighted by Gasteiger charge is -2.20. The van der Waals surface area contributed by atoms with Crippen LogP contribution in [0.15, 0.2) is 95.2 Å². The van der Waals surface area contributed by atoms with Crippen LogP contribution in [0.2, 0.25) is 0 Å². The highest BCUT2D eigenvalue weighted by atomic mass is 32.2. The molecule has 0 spiro atoms. The molecule has 4 aromatic carbocycles. The third-order valence-electron chi connectivity index (χ3n) is 6.28. The number of benzene rings is 4. The SMILES string of the molecule is O=C(CSc1ccc2c3c(cccc13)CC2)N(c1ccccc1)c1nc(-c2ccc(F)cc2)cs1. The maximum absolute atomic E-state index is 13.6. The number of anilines is 2. The number of thioether (sulfide) groups is 1. The van der Waals surface area contributed by atoms with Crippen LogP contribution in [0.25, 0.3) is 22.0 Å². The van der Waals surface area contributed by atoms with E-state index in [-0.39, 0.29) is 11.7 Å². The molecule has 0 N–H and O–H groups in total. The summed E-state index contributed by atoms with van der Waals surface area (Å²) < 4.78 is 13.4. The van der Waals surface area contributed by atoms with Crippen molar-refractivity contribution in [1.29, 1.82) is 0 Å². The van der Waals surface area contributed by atoms with Gasteiger partial charge < -0.3 is 0 Å². The van der Waals surface area contributed by atoms with E-state index in [2.05, 4.69) is 30.3 Å². The molecule has 1 aliphatic rings. The third kappa shape index (κ3) is 4.24. The number of rotatable bonds is 6. The van der Waals surface area contributed by atoms with E-state index in [1.807, 2.05) is 35.7 Å². The molecule has 0 bridgehead atoms. The molecule has 0 fully saturated rings. The van der Waals surface area contributed by atoms with E-state index in [9.17, 15) is 9.18 Å². The van der Waals surface area contributed by atoms with Gasteiger partial charge in [-0.2, -0.15) is 0 Å². The minimum absolute atomic E-state index is 0.0375. The number of amides is 1. The van der Waals surface area contributed by atoms with Crippen molar-refractivity contribution in [2.45, 2.75) is 17.7 Å². The number of thiazole rings is 1. The van der Waals surface area contributed by atoms with Crippen molar-refractivity contribution < 1.29 is 9.18 Å². The van der Waals surface area contributed by atoms with Crippen LogP contribution in [0.3, 0.4) is 0 Å². The summed E-state index contributed by atoms with van der Waals surface area (Å²) >= 11 is 2.98. The van der Waals surface area contributed by atoms with Crippen molar-refractivity contribution in [2.75, 3.05) is 10.7 Å². The molecule has 6 heteroatoms. The largest absolute Gasteiger partial charge is 0.273 e. The maximum Gasteiger partial charge on any atom is 0.243 e. The Morgan fingerprint density at radius 1 is 0.914 bits per heavy atom. The molecule has 172 valence electrons. The van der Waals surface area contributed by atoms with Crippen molar-refractivity contribution >= 4 is 50.6 Å². The molecule has 35 heavy (non-hydrogen) atoms. The Kier molecular flexibility index (Phi) is 5.84. The van der Waals surface area contributed by atoms with Crippen LogP contribution in [0.5, 0.6) is 0 Å². The van der Waals surface area contributed by atoms with E-state index >= 15 is 0 Å². The third-order valence-corrected chi connectivity index (χ3v) is 8.16. The zero-order chi connectivity index (χ0) is 23.8. The summed E-state index contributed by atoms with van der Waals surface area (Å²) in [5.41, 5.74) is 5.11. The molecule has 0 saturated carbocycles. The predicted octanol–water partition coefficient (Wildman–Crippen LogP) is 7.66. The molecule has 3 nitrogen and oxygen atoms in total. The molecule has 1 aliphatic carbocycles. The first-order valence-corrected chi connectivity index (χ1v) is 13.3. The molecule has 1 heterocycles. The fraction of sp³-hybridized carbons (Fsp3) is 0.103. The molecule has 5 aromatic rings.